The molecule has 1 amide bonds. The number of carbonyl (C=O) groups excluding carboxylic acids is 1. The molecule has 0 radical (unpaired) electrons. The normalized spacial score (nSPS) is 11.9. The van der Waals surface area contributed by atoms with Crippen LogP contribution < -0.4 is 16.8 Å². The van der Waals surface area contributed by atoms with Crippen LogP contribution in [-0.4, -0.2) is 29.6 Å². The summed E-state index contributed by atoms with van der Waals surface area (Å²) in [6.45, 7) is -0.0777. The van der Waals surface area contributed by atoms with Crippen LogP contribution in [0.15, 0.2) is 24.3 Å². The van der Waals surface area contributed by atoms with Crippen LogP contribution in [0, 0.1) is 0 Å². The van der Waals surface area contributed by atoms with E-state index in [9.17, 15) is 9.59 Å². The summed E-state index contributed by atoms with van der Waals surface area (Å²) in [5.41, 5.74) is 12.0. The average molecular weight is 237 g/mol. The van der Waals surface area contributed by atoms with Gasteiger partial charge in [-0.15, -0.1) is 0 Å². The molecule has 1 aromatic rings. The van der Waals surface area contributed by atoms with Crippen molar-refractivity contribution in [2.45, 2.75) is 12.5 Å². The maximum absolute atomic E-state index is 11.0. The topological polar surface area (TPSA) is 118 Å². The molecule has 0 heterocycles. The molecule has 17 heavy (non-hydrogen) atoms. The first-order valence-electron chi connectivity index (χ1n) is 5.10. The van der Waals surface area contributed by atoms with Crippen molar-refractivity contribution in [1.29, 1.82) is 0 Å². The fourth-order valence-electron chi connectivity index (χ4n) is 1.28. The molecule has 1 aromatic carbocycles. The molecule has 0 saturated carbocycles. The lowest BCUT2D eigenvalue weighted by Crippen LogP contribution is -2.32. The number of amides is 1. The third kappa shape index (κ3) is 4.21. The Morgan fingerprint density at radius 1 is 1.29 bits per heavy atom. The van der Waals surface area contributed by atoms with Crippen LogP contribution in [-0.2, 0) is 16.0 Å². The summed E-state index contributed by atoms with van der Waals surface area (Å²) in [6.07, 6.45) is 0.250. The maximum atomic E-state index is 11.0. The van der Waals surface area contributed by atoms with Crippen LogP contribution in [0.1, 0.15) is 5.56 Å². The molecular weight excluding hydrogens is 222 g/mol. The molecule has 92 valence electrons. The zero-order valence-electron chi connectivity index (χ0n) is 9.22. The smallest absolute Gasteiger partial charge is 0.320 e. The molecule has 6 nitrogen and oxygen atoms in total. The predicted octanol–water partition coefficient (Wildman–Crippen LogP) is -0.462. The predicted molar refractivity (Wildman–Crippen MR) is 63.4 cm³/mol. The number of hydrogen-bond donors (Lipinski definition) is 4. The second-order valence-electron chi connectivity index (χ2n) is 3.60. The Balaban J connectivity index is 2.62. The minimum atomic E-state index is -1.04. The monoisotopic (exact) mass is 237 g/mol. The Bertz CT molecular complexity index is 403. The molecular formula is C11H15N3O3. The van der Waals surface area contributed by atoms with Crippen LogP contribution in [0.25, 0.3) is 0 Å². The van der Waals surface area contributed by atoms with Crippen molar-refractivity contribution in [1.82, 2.24) is 0 Å². The first-order valence-corrected chi connectivity index (χ1v) is 5.10. The molecule has 0 saturated heterocycles. The number of aliphatic carboxylic acids is 1. The van der Waals surface area contributed by atoms with E-state index in [2.05, 4.69) is 5.32 Å². The molecule has 0 aromatic heterocycles. The lowest BCUT2D eigenvalue weighted by Gasteiger charge is -2.08. The first kappa shape index (κ1) is 13.1. The van der Waals surface area contributed by atoms with Crippen molar-refractivity contribution in [2.75, 3.05) is 11.9 Å². The van der Waals surface area contributed by atoms with Gasteiger partial charge in [-0.3, -0.25) is 9.59 Å². The van der Waals surface area contributed by atoms with Gasteiger partial charge in [0.2, 0.25) is 5.91 Å². The molecule has 0 spiro atoms. The van der Waals surface area contributed by atoms with Crippen molar-refractivity contribution in [3.63, 3.8) is 0 Å². The van der Waals surface area contributed by atoms with Crippen molar-refractivity contribution >= 4 is 17.6 Å². The van der Waals surface area contributed by atoms with Gasteiger partial charge in [0.1, 0.15) is 6.04 Å². The Morgan fingerprint density at radius 2 is 1.88 bits per heavy atom. The van der Waals surface area contributed by atoms with Gasteiger partial charge in [-0.05, 0) is 24.1 Å². The number of nitrogens with one attached hydrogen (secondary N) is 1. The van der Waals surface area contributed by atoms with Gasteiger partial charge in [0.05, 0.1) is 6.54 Å². The van der Waals surface area contributed by atoms with E-state index in [0.717, 1.165) is 5.56 Å². The van der Waals surface area contributed by atoms with Crippen molar-refractivity contribution < 1.29 is 14.7 Å². The Hall–Kier alpha value is -1.92. The number of benzene rings is 1. The lowest BCUT2D eigenvalue weighted by atomic mass is 10.1. The van der Waals surface area contributed by atoms with Gasteiger partial charge in [-0.1, -0.05) is 12.1 Å². The highest BCUT2D eigenvalue weighted by Crippen LogP contribution is 2.10. The maximum Gasteiger partial charge on any atom is 0.320 e. The average Bonchev–Trinajstić information content (AvgIpc) is 2.31. The summed E-state index contributed by atoms with van der Waals surface area (Å²) >= 11 is 0. The zero-order valence-corrected chi connectivity index (χ0v) is 9.22. The highest BCUT2D eigenvalue weighted by atomic mass is 16.4. The molecule has 0 unspecified atom stereocenters. The number of carboxylic acid groups (broad SMARTS) is 1. The van der Waals surface area contributed by atoms with Crippen LogP contribution in [0.2, 0.25) is 0 Å². The molecule has 0 bridgehead atoms. The molecule has 1 rings (SSSR count). The summed E-state index contributed by atoms with van der Waals surface area (Å²) in [5, 5.41) is 11.2. The highest BCUT2D eigenvalue weighted by Gasteiger charge is 2.11. The highest BCUT2D eigenvalue weighted by molar-refractivity contribution is 5.92. The molecule has 1 atom stereocenters. The van der Waals surface area contributed by atoms with E-state index in [-0.39, 0.29) is 18.9 Å². The molecule has 0 aliphatic carbocycles. The van der Waals surface area contributed by atoms with E-state index in [4.69, 9.17) is 16.6 Å². The Kier molecular flexibility index (Phi) is 4.62. The number of rotatable bonds is 5. The fraction of sp³-hybridized carbons (Fsp3) is 0.273. The Labute approximate surface area is 98.6 Å². The van der Waals surface area contributed by atoms with Crippen molar-refractivity contribution in [3.8, 4) is 0 Å². The molecule has 6 N–H and O–H groups in total. The molecule has 6 heteroatoms. The summed E-state index contributed by atoms with van der Waals surface area (Å²) in [4.78, 5) is 21.6. The van der Waals surface area contributed by atoms with Crippen LogP contribution in [0.3, 0.4) is 0 Å². The third-order valence-corrected chi connectivity index (χ3v) is 2.20. The third-order valence-electron chi connectivity index (χ3n) is 2.20. The van der Waals surface area contributed by atoms with Gasteiger partial charge in [0.25, 0.3) is 0 Å². The quantitative estimate of drug-likeness (QED) is 0.552. The summed E-state index contributed by atoms with van der Waals surface area (Å²) in [5.74, 6) is -1.31. The van der Waals surface area contributed by atoms with E-state index in [1.807, 2.05) is 0 Å². The van der Waals surface area contributed by atoms with E-state index in [1.165, 1.54) is 0 Å². The second-order valence-corrected chi connectivity index (χ2v) is 3.60. The second kappa shape index (κ2) is 5.97. The van der Waals surface area contributed by atoms with E-state index < -0.39 is 12.0 Å². The van der Waals surface area contributed by atoms with Gasteiger partial charge in [-0.2, -0.15) is 0 Å². The number of carbonyl (C=O) groups is 2. The number of anilines is 1. The van der Waals surface area contributed by atoms with Gasteiger partial charge >= 0.3 is 5.97 Å². The van der Waals surface area contributed by atoms with E-state index in [1.54, 1.807) is 24.3 Å². The van der Waals surface area contributed by atoms with Gasteiger partial charge in [-0.25, -0.2) is 0 Å². The lowest BCUT2D eigenvalue weighted by molar-refractivity contribution is -0.138. The molecule has 0 aliphatic heterocycles. The van der Waals surface area contributed by atoms with Gasteiger partial charge in [0, 0.05) is 5.69 Å². The number of hydrogen-bond acceptors (Lipinski definition) is 4. The molecule has 0 aliphatic rings. The SMILES string of the molecule is NCC(=O)Nc1ccc(C[C@H](N)C(=O)O)cc1. The number of carboxylic acids is 1. The number of nitrogens with two attached hydrogens (primary N) is 2. The van der Waals surface area contributed by atoms with Crippen LogP contribution in [0.5, 0.6) is 0 Å². The van der Waals surface area contributed by atoms with Crippen molar-refractivity contribution in [3.05, 3.63) is 29.8 Å². The minimum Gasteiger partial charge on any atom is -0.480 e. The van der Waals surface area contributed by atoms with E-state index >= 15 is 0 Å². The Morgan fingerprint density at radius 3 is 2.35 bits per heavy atom. The van der Waals surface area contributed by atoms with E-state index in [0.29, 0.717) is 5.69 Å². The summed E-state index contributed by atoms with van der Waals surface area (Å²) in [6, 6.07) is 5.87. The standard InChI is InChI=1S/C11H15N3O3/c12-6-10(15)14-8-3-1-7(2-4-8)5-9(13)11(16)17/h1-4,9H,5-6,12-13H2,(H,14,15)(H,16,17)/t9-/m0/s1. The fourth-order valence-corrected chi connectivity index (χ4v) is 1.28. The van der Waals surface area contributed by atoms with Gasteiger partial charge in [0.15, 0.2) is 0 Å². The van der Waals surface area contributed by atoms with Gasteiger partial charge < -0.3 is 21.9 Å². The molecule has 0 fully saturated rings. The summed E-state index contributed by atoms with van der Waals surface area (Å²) in [7, 11) is 0. The van der Waals surface area contributed by atoms with Crippen LogP contribution in [0.4, 0.5) is 5.69 Å². The summed E-state index contributed by atoms with van der Waals surface area (Å²) < 4.78 is 0. The van der Waals surface area contributed by atoms with Crippen LogP contribution >= 0.6 is 0 Å². The largest absolute Gasteiger partial charge is 0.480 e. The zero-order chi connectivity index (χ0) is 12.8. The first-order chi connectivity index (χ1) is 8.02. The van der Waals surface area contributed by atoms with Crippen molar-refractivity contribution in [2.24, 2.45) is 11.5 Å². The minimum absolute atomic E-state index is 0.0777.